The first-order valence-electron chi connectivity index (χ1n) is 10.5. The highest BCUT2D eigenvalue weighted by Crippen LogP contribution is 2.50. The number of ether oxygens (including phenoxy) is 2. The van der Waals surface area contributed by atoms with Crippen LogP contribution in [0.15, 0.2) is 23.2 Å². The fraction of sp³-hybridized carbons (Fsp3) is 0.636. The summed E-state index contributed by atoms with van der Waals surface area (Å²) >= 11 is 0. The van der Waals surface area contributed by atoms with Crippen LogP contribution in [0, 0.1) is 5.41 Å². The zero-order valence-electron chi connectivity index (χ0n) is 18.1. The lowest BCUT2D eigenvalue weighted by atomic mass is 9.84. The minimum absolute atomic E-state index is 0. The van der Waals surface area contributed by atoms with E-state index in [9.17, 15) is 4.79 Å². The molecule has 0 bridgehead atoms. The lowest BCUT2D eigenvalue weighted by Crippen LogP contribution is -2.50. The number of rotatable bonds is 6. The molecule has 0 aromatic heterocycles. The fourth-order valence-electron chi connectivity index (χ4n) is 4.66. The topological polar surface area (TPSA) is 75.2 Å². The van der Waals surface area contributed by atoms with Gasteiger partial charge in [0.2, 0.25) is 12.7 Å². The maximum absolute atomic E-state index is 12.8. The van der Waals surface area contributed by atoms with Gasteiger partial charge in [-0.1, -0.05) is 18.9 Å². The van der Waals surface area contributed by atoms with E-state index in [1.165, 1.54) is 5.56 Å². The first-order chi connectivity index (χ1) is 14.0. The number of hydrogen-bond acceptors (Lipinski definition) is 4. The number of halogens is 1. The van der Waals surface area contributed by atoms with E-state index in [1.807, 2.05) is 20.2 Å². The third-order valence-corrected chi connectivity index (χ3v) is 6.67. The molecule has 0 radical (unpaired) electrons. The van der Waals surface area contributed by atoms with Crippen molar-refractivity contribution in [3.63, 3.8) is 0 Å². The molecule has 1 amide bonds. The number of carbonyl (C=O) groups excluding carboxylic acids is 1. The molecule has 1 heterocycles. The summed E-state index contributed by atoms with van der Waals surface area (Å²) in [6.45, 7) is 1.73. The Balaban J connectivity index is 0.00000256. The molecule has 1 aromatic rings. The first kappa shape index (κ1) is 23.0. The Morgan fingerprint density at radius 3 is 2.37 bits per heavy atom. The molecule has 1 aliphatic heterocycles. The van der Waals surface area contributed by atoms with Gasteiger partial charge in [-0.15, -0.1) is 24.0 Å². The van der Waals surface area contributed by atoms with Crippen LogP contribution >= 0.6 is 24.0 Å². The van der Waals surface area contributed by atoms with Gasteiger partial charge in [-0.2, -0.15) is 0 Å². The van der Waals surface area contributed by atoms with Gasteiger partial charge in [0.25, 0.3) is 0 Å². The van der Waals surface area contributed by atoms with Crippen molar-refractivity contribution < 1.29 is 14.3 Å². The second kappa shape index (κ2) is 9.20. The molecule has 1 aromatic carbocycles. The van der Waals surface area contributed by atoms with E-state index >= 15 is 0 Å². The van der Waals surface area contributed by atoms with Crippen molar-refractivity contribution in [3.05, 3.63) is 23.8 Å². The van der Waals surface area contributed by atoms with E-state index in [2.05, 4.69) is 27.8 Å². The van der Waals surface area contributed by atoms with Gasteiger partial charge < -0.3 is 25.0 Å². The molecule has 0 saturated heterocycles. The molecule has 2 saturated carbocycles. The smallest absolute Gasteiger partial charge is 0.231 e. The maximum Gasteiger partial charge on any atom is 0.231 e. The number of nitrogens with one attached hydrogen (secondary N) is 2. The number of hydrogen-bond donors (Lipinski definition) is 2. The van der Waals surface area contributed by atoms with Crippen LogP contribution in [0.4, 0.5) is 0 Å². The number of amides is 1. The van der Waals surface area contributed by atoms with Crippen molar-refractivity contribution in [2.75, 3.05) is 41.0 Å². The molecule has 30 heavy (non-hydrogen) atoms. The van der Waals surface area contributed by atoms with Crippen LogP contribution in [0.3, 0.4) is 0 Å². The minimum Gasteiger partial charge on any atom is -0.454 e. The zero-order chi connectivity index (χ0) is 20.5. The Hall–Kier alpha value is -1.71. The summed E-state index contributed by atoms with van der Waals surface area (Å²) in [5.74, 6) is 2.64. The summed E-state index contributed by atoms with van der Waals surface area (Å²) in [5.41, 5.74) is 1.08. The highest BCUT2D eigenvalue weighted by Gasteiger charge is 2.45. The first-order valence-corrected chi connectivity index (χ1v) is 10.5. The highest BCUT2D eigenvalue weighted by molar-refractivity contribution is 14.0. The van der Waals surface area contributed by atoms with Crippen LogP contribution in [0.25, 0.3) is 0 Å². The van der Waals surface area contributed by atoms with Crippen molar-refractivity contribution in [1.29, 1.82) is 0 Å². The van der Waals surface area contributed by atoms with Crippen molar-refractivity contribution in [2.45, 2.75) is 43.9 Å². The molecule has 0 spiro atoms. The number of nitrogens with zero attached hydrogens (tertiary/aromatic N) is 2. The fourth-order valence-corrected chi connectivity index (χ4v) is 4.66. The molecule has 166 valence electrons. The van der Waals surface area contributed by atoms with Crippen LogP contribution in [0.2, 0.25) is 0 Å². The zero-order valence-corrected chi connectivity index (χ0v) is 20.5. The molecular formula is C22H33IN4O3. The van der Waals surface area contributed by atoms with Gasteiger partial charge in [0, 0.05) is 39.6 Å². The second-order valence-corrected chi connectivity index (χ2v) is 8.81. The van der Waals surface area contributed by atoms with E-state index in [4.69, 9.17) is 9.47 Å². The van der Waals surface area contributed by atoms with Crippen LogP contribution in [-0.2, 0) is 10.2 Å². The largest absolute Gasteiger partial charge is 0.454 e. The molecule has 4 rings (SSSR count). The molecule has 3 aliphatic rings. The molecule has 2 aliphatic carbocycles. The Morgan fingerprint density at radius 2 is 1.73 bits per heavy atom. The quantitative estimate of drug-likeness (QED) is 0.338. The van der Waals surface area contributed by atoms with Crippen LogP contribution in [-0.4, -0.2) is 57.8 Å². The average Bonchev–Trinajstić information content (AvgIpc) is 3.14. The van der Waals surface area contributed by atoms with Crippen molar-refractivity contribution in [3.8, 4) is 11.5 Å². The number of carbonyl (C=O) groups is 1. The molecule has 7 nitrogen and oxygen atoms in total. The van der Waals surface area contributed by atoms with Gasteiger partial charge in [-0.05, 0) is 43.4 Å². The summed E-state index contributed by atoms with van der Waals surface area (Å²) in [6.07, 6.45) is 6.38. The van der Waals surface area contributed by atoms with Gasteiger partial charge in [0.05, 0.1) is 5.41 Å². The van der Waals surface area contributed by atoms with Gasteiger partial charge in [-0.3, -0.25) is 9.79 Å². The Morgan fingerprint density at radius 1 is 1.07 bits per heavy atom. The van der Waals surface area contributed by atoms with Gasteiger partial charge >= 0.3 is 0 Å². The standard InChI is InChI=1S/C22H32N4O3.HI/c1-23-20(25-14-22(8-4-5-9-22)19(27)26(2)3)24-13-21(10-11-21)16-6-7-17-18(12-16)29-15-28-17;/h6-7,12H,4-5,8-11,13-15H2,1-3H3,(H2,23,24,25);1H. The third kappa shape index (κ3) is 4.48. The lowest BCUT2D eigenvalue weighted by Gasteiger charge is -2.31. The minimum atomic E-state index is -0.310. The molecule has 2 N–H and O–H groups in total. The van der Waals surface area contributed by atoms with Crippen molar-refractivity contribution >= 4 is 35.8 Å². The van der Waals surface area contributed by atoms with Gasteiger partial charge in [0.15, 0.2) is 17.5 Å². The van der Waals surface area contributed by atoms with E-state index in [-0.39, 0.29) is 40.7 Å². The SMILES string of the molecule is CN=C(NCC1(C(=O)N(C)C)CCCC1)NCC1(c2ccc3c(c2)OCO3)CC1.I. The number of fused-ring (bicyclic) bond motifs is 1. The normalized spacial score (nSPS) is 20.3. The summed E-state index contributed by atoms with van der Waals surface area (Å²) in [6, 6.07) is 6.25. The Kier molecular flexibility index (Phi) is 7.04. The van der Waals surface area contributed by atoms with E-state index in [0.29, 0.717) is 13.3 Å². The summed E-state index contributed by atoms with van der Waals surface area (Å²) in [7, 11) is 5.47. The molecule has 8 heteroatoms. The number of benzene rings is 1. The van der Waals surface area contributed by atoms with Crippen LogP contribution in [0.1, 0.15) is 44.1 Å². The Bertz CT molecular complexity index is 802. The van der Waals surface area contributed by atoms with E-state index in [0.717, 1.165) is 62.5 Å². The van der Waals surface area contributed by atoms with E-state index < -0.39 is 0 Å². The molecule has 0 unspecified atom stereocenters. The molecular weight excluding hydrogens is 495 g/mol. The van der Waals surface area contributed by atoms with Crippen molar-refractivity contribution in [2.24, 2.45) is 10.4 Å². The predicted molar refractivity (Wildman–Crippen MR) is 128 cm³/mol. The highest BCUT2D eigenvalue weighted by atomic mass is 127. The van der Waals surface area contributed by atoms with Crippen molar-refractivity contribution in [1.82, 2.24) is 15.5 Å². The second-order valence-electron chi connectivity index (χ2n) is 8.81. The molecule has 0 atom stereocenters. The Labute approximate surface area is 196 Å². The predicted octanol–water partition coefficient (Wildman–Crippen LogP) is 2.88. The van der Waals surface area contributed by atoms with Gasteiger partial charge in [0.1, 0.15) is 0 Å². The maximum atomic E-state index is 12.8. The number of guanidine groups is 1. The number of aliphatic imine (C=N–C) groups is 1. The summed E-state index contributed by atoms with van der Waals surface area (Å²) in [5, 5.41) is 6.92. The summed E-state index contributed by atoms with van der Waals surface area (Å²) in [4.78, 5) is 18.9. The average molecular weight is 528 g/mol. The van der Waals surface area contributed by atoms with Gasteiger partial charge in [-0.25, -0.2) is 0 Å². The third-order valence-electron chi connectivity index (χ3n) is 6.67. The van der Waals surface area contributed by atoms with Crippen LogP contribution in [0.5, 0.6) is 11.5 Å². The van der Waals surface area contributed by atoms with Crippen LogP contribution < -0.4 is 20.1 Å². The molecule has 2 fully saturated rings. The summed E-state index contributed by atoms with van der Waals surface area (Å²) < 4.78 is 11.0. The lowest BCUT2D eigenvalue weighted by molar-refractivity contribution is -0.138. The monoisotopic (exact) mass is 528 g/mol. The van der Waals surface area contributed by atoms with E-state index in [1.54, 1.807) is 11.9 Å².